The van der Waals surface area contributed by atoms with E-state index in [0.29, 0.717) is 37.6 Å². The van der Waals surface area contributed by atoms with Gasteiger partial charge in [0, 0.05) is 31.2 Å². The van der Waals surface area contributed by atoms with Crippen LogP contribution in [0.2, 0.25) is 0 Å². The maximum atomic E-state index is 13.5. The van der Waals surface area contributed by atoms with Crippen molar-refractivity contribution in [3.8, 4) is 0 Å². The molecule has 154 valence electrons. The largest absolute Gasteiger partial charge is 0.459 e. The van der Waals surface area contributed by atoms with Crippen molar-refractivity contribution in [1.82, 2.24) is 9.80 Å². The Hall–Kier alpha value is -2.67. The Morgan fingerprint density at radius 2 is 2.00 bits per heavy atom. The molecular weight excluding hydrogens is 375 g/mol. The summed E-state index contributed by atoms with van der Waals surface area (Å²) in [4.78, 5) is 29.3. The Morgan fingerprint density at radius 1 is 1.17 bits per heavy atom. The minimum Gasteiger partial charge on any atom is -0.459 e. The molecule has 1 aromatic carbocycles. The lowest BCUT2D eigenvalue weighted by molar-refractivity contribution is -0.0374. The number of hydrogen-bond donors (Lipinski definition) is 0. The number of amides is 2. The minimum atomic E-state index is -0.433. The summed E-state index contributed by atoms with van der Waals surface area (Å²) in [6.45, 7) is 1.60. The van der Waals surface area contributed by atoms with E-state index in [1.54, 1.807) is 23.1 Å². The van der Waals surface area contributed by atoms with Gasteiger partial charge in [-0.3, -0.25) is 9.59 Å². The van der Waals surface area contributed by atoms with Crippen LogP contribution < -0.4 is 0 Å². The van der Waals surface area contributed by atoms with Crippen molar-refractivity contribution in [3.63, 3.8) is 0 Å². The number of furan rings is 1. The van der Waals surface area contributed by atoms with Gasteiger partial charge < -0.3 is 19.0 Å². The molecule has 2 heterocycles. The van der Waals surface area contributed by atoms with Crippen LogP contribution in [0.1, 0.15) is 46.6 Å². The number of rotatable bonds is 5. The van der Waals surface area contributed by atoms with Gasteiger partial charge in [-0.2, -0.15) is 0 Å². The van der Waals surface area contributed by atoms with Crippen molar-refractivity contribution in [1.29, 1.82) is 0 Å². The molecule has 6 nitrogen and oxygen atoms in total. The summed E-state index contributed by atoms with van der Waals surface area (Å²) in [7, 11) is 0. The summed E-state index contributed by atoms with van der Waals surface area (Å²) < 4.78 is 24.7. The monoisotopic (exact) mass is 400 g/mol. The Balaban J connectivity index is 1.46. The molecule has 1 atom stereocenters. The minimum absolute atomic E-state index is 0.140. The zero-order chi connectivity index (χ0) is 20.2. The van der Waals surface area contributed by atoms with Crippen LogP contribution in [0.5, 0.6) is 0 Å². The predicted octanol–water partition coefficient (Wildman–Crippen LogP) is 3.34. The van der Waals surface area contributed by atoms with E-state index in [2.05, 4.69) is 0 Å². The lowest BCUT2D eigenvalue weighted by Crippen LogP contribution is -2.52. The third-order valence-electron chi connectivity index (χ3n) is 5.66. The molecule has 4 rings (SSSR count). The highest BCUT2D eigenvalue weighted by atomic mass is 19.1. The number of morpholine rings is 1. The molecule has 29 heavy (non-hydrogen) atoms. The SMILES string of the molecule is O=C(c1cccc(F)c1)N1CCO[C@H](CN(C(=O)c2ccco2)C2CCCC2)C1. The summed E-state index contributed by atoms with van der Waals surface area (Å²) in [6, 6.07) is 9.25. The van der Waals surface area contributed by atoms with E-state index in [-0.39, 0.29) is 24.0 Å². The first-order chi connectivity index (χ1) is 14.1. The van der Waals surface area contributed by atoms with E-state index in [1.165, 1.54) is 24.5 Å². The van der Waals surface area contributed by atoms with Crippen molar-refractivity contribution < 1.29 is 23.1 Å². The molecule has 1 aromatic heterocycles. The first-order valence-corrected chi connectivity index (χ1v) is 10.1. The summed E-state index contributed by atoms with van der Waals surface area (Å²) in [6.07, 6.45) is 5.33. The van der Waals surface area contributed by atoms with Gasteiger partial charge in [0.05, 0.1) is 19.0 Å². The lowest BCUT2D eigenvalue weighted by atomic mass is 10.1. The lowest BCUT2D eigenvalue weighted by Gasteiger charge is -2.37. The van der Waals surface area contributed by atoms with E-state index in [1.807, 2.05) is 4.90 Å². The number of halogens is 1. The second kappa shape index (κ2) is 8.78. The van der Waals surface area contributed by atoms with Crippen LogP contribution in [0.15, 0.2) is 47.1 Å². The molecule has 2 fully saturated rings. The van der Waals surface area contributed by atoms with Crippen LogP contribution in [-0.2, 0) is 4.74 Å². The molecular formula is C22H25FN2O4. The van der Waals surface area contributed by atoms with E-state index in [9.17, 15) is 14.0 Å². The van der Waals surface area contributed by atoms with E-state index in [0.717, 1.165) is 25.7 Å². The van der Waals surface area contributed by atoms with Crippen LogP contribution in [-0.4, -0.2) is 60.0 Å². The average Bonchev–Trinajstić information content (AvgIpc) is 3.45. The maximum absolute atomic E-state index is 13.5. The predicted molar refractivity (Wildman–Crippen MR) is 104 cm³/mol. The molecule has 0 N–H and O–H groups in total. The quantitative estimate of drug-likeness (QED) is 0.772. The highest BCUT2D eigenvalue weighted by molar-refractivity contribution is 5.94. The summed E-state index contributed by atoms with van der Waals surface area (Å²) in [5.41, 5.74) is 0.324. The van der Waals surface area contributed by atoms with Gasteiger partial charge in [0.1, 0.15) is 5.82 Å². The van der Waals surface area contributed by atoms with Gasteiger partial charge in [-0.15, -0.1) is 0 Å². The average molecular weight is 400 g/mol. The molecule has 1 aliphatic carbocycles. The molecule has 1 saturated heterocycles. The highest BCUT2D eigenvalue weighted by Gasteiger charge is 2.33. The molecule has 2 amide bonds. The zero-order valence-electron chi connectivity index (χ0n) is 16.3. The van der Waals surface area contributed by atoms with Crippen LogP contribution in [0.4, 0.5) is 4.39 Å². The van der Waals surface area contributed by atoms with Crippen molar-refractivity contribution >= 4 is 11.8 Å². The van der Waals surface area contributed by atoms with Gasteiger partial charge in [-0.1, -0.05) is 18.9 Å². The number of carbonyl (C=O) groups excluding carboxylic acids is 2. The number of nitrogens with zero attached hydrogens (tertiary/aromatic N) is 2. The second-order valence-electron chi connectivity index (χ2n) is 7.63. The van der Waals surface area contributed by atoms with Crippen molar-refractivity contribution in [2.24, 2.45) is 0 Å². The van der Waals surface area contributed by atoms with Crippen LogP contribution in [0, 0.1) is 5.82 Å². The zero-order valence-corrected chi connectivity index (χ0v) is 16.3. The first-order valence-electron chi connectivity index (χ1n) is 10.1. The molecule has 0 spiro atoms. The summed E-state index contributed by atoms with van der Waals surface area (Å²) in [5.74, 6) is -0.473. The molecule has 1 aliphatic heterocycles. The van der Waals surface area contributed by atoms with Gasteiger partial charge >= 0.3 is 0 Å². The molecule has 2 aliphatic rings. The van der Waals surface area contributed by atoms with Gasteiger partial charge in [-0.05, 0) is 43.2 Å². The van der Waals surface area contributed by atoms with Gasteiger partial charge in [0.2, 0.25) is 0 Å². The molecule has 0 unspecified atom stereocenters. The van der Waals surface area contributed by atoms with E-state index in [4.69, 9.17) is 9.15 Å². The topological polar surface area (TPSA) is 63.0 Å². The van der Waals surface area contributed by atoms with Crippen LogP contribution >= 0.6 is 0 Å². The molecule has 1 saturated carbocycles. The Bertz CT molecular complexity index is 848. The maximum Gasteiger partial charge on any atom is 0.289 e. The third-order valence-corrected chi connectivity index (χ3v) is 5.66. The number of ether oxygens (including phenoxy) is 1. The molecule has 2 aromatic rings. The summed E-state index contributed by atoms with van der Waals surface area (Å²) >= 11 is 0. The van der Waals surface area contributed by atoms with Crippen molar-refractivity contribution in [2.45, 2.75) is 37.8 Å². The normalized spacial score (nSPS) is 20.0. The number of benzene rings is 1. The third kappa shape index (κ3) is 4.50. The molecule has 0 radical (unpaired) electrons. The van der Waals surface area contributed by atoms with E-state index >= 15 is 0 Å². The highest BCUT2D eigenvalue weighted by Crippen LogP contribution is 2.26. The number of carbonyl (C=O) groups is 2. The smallest absolute Gasteiger partial charge is 0.289 e. The van der Waals surface area contributed by atoms with Crippen LogP contribution in [0.3, 0.4) is 0 Å². The fourth-order valence-electron chi connectivity index (χ4n) is 4.19. The molecule has 7 heteroatoms. The molecule has 0 bridgehead atoms. The van der Waals surface area contributed by atoms with Gasteiger partial charge in [-0.25, -0.2) is 4.39 Å². The Labute approximate surface area is 169 Å². The summed E-state index contributed by atoms with van der Waals surface area (Å²) in [5, 5.41) is 0. The van der Waals surface area contributed by atoms with Crippen LogP contribution in [0.25, 0.3) is 0 Å². The second-order valence-corrected chi connectivity index (χ2v) is 7.63. The standard InChI is InChI=1S/C22H25FN2O4/c23-17-6-3-5-16(13-17)21(26)24-10-12-28-19(14-24)15-25(18-7-1-2-8-18)22(27)20-9-4-11-29-20/h3-6,9,11,13,18-19H,1-2,7-8,10,12,14-15H2/t19-/m0/s1. The Morgan fingerprint density at radius 3 is 2.72 bits per heavy atom. The van der Waals surface area contributed by atoms with Crippen molar-refractivity contribution in [2.75, 3.05) is 26.2 Å². The van der Waals surface area contributed by atoms with Gasteiger partial charge in [0.15, 0.2) is 5.76 Å². The van der Waals surface area contributed by atoms with E-state index < -0.39 is 5.82 Å². The first kappa shape index (κ1) is 19.6. The number of hydrogen-bond acceptors (Lipinski definition) is 4. The fraction of sp³-hybridized carbons (Fsp3) is 0.455. The van der Waals surface area contributed by atoms with Crippen molar-refractivity contribution in [3.05, 3.63) is 59.8 Å². The van der Waals surface area contributed by atoms with Gasteiger partial charge in [0.25, 0.3) is 11.8 Å². The Kier molecular flexibility index (Phi) is 5.94. The fourth-order valence-corrected chi connectivity index (χ4v) is 4.19.